The van der Waals surface area contributed by atoms with Gasteiger partial charge in [0.25, 0.3) is 0 Å². The molecular formula is C23H21F3N2O4S. The van der Waals surface area contributed by atoms with Crippen LogP contribution in [0.1, 0.15) is 11.1 Å². The van der Waals surface area contributed by atoms with Gasteiger partial charge >= 0.3 is 6.18 Å². The smallest absolute Gasteiger partial charge is 0.416 e. The molecule has 0 radical (unpaired) electrons. The number of hydrogen-bond acceptors (Lipinski definition) is 4. The number of nitrogens with zero attached hydrogens (tertiary/aromatic N) is 1. The fourth-order valence-electron chi connectivity index (χ4n) is 3.03. The highest BCUT2D eigenvalue weighted by Gasteiger charge is 2.33. The molecule has 0 unspecified atom stereocenters. The molecule has 10 heteroatoms. The topological polar surface area (TPSA) is 75.7 Å². The summed E-state index contributed by atoms with van der Waals surface area (Å²) in [6, 6.07) is 18.3. The number of hydrogen-bond donors (Lipinski definition) is 1. The van der Waals surface area contributed by atoms with E-state index in [4.69, 9.17) is 4.74 Å². The number of halogens is 3. The van der Waals surface area contributed by atoms with Crippen LogP contribution in [-0.4, -0.2) is 32.3 Å². The van der Waals surface area contributed by atoms with Crippen LogP contribution in [0.3, 0.4) is 0 Å². The van der Waals surface area contributed by atoms with Gasteiger partial charge < -0.3 is 10.1 Å². The van der Waals surface area contributed by atoms with Crippen LogP contribution >= 0.6 is 0 Å². The van der Waals surface area contributed by atoms with Crippen molar-refractivity contribution >= 4 is 21.6 Å². The summed E-state index contributed by atoms with van der Waals surface area (Å²) < 4.78 is 71.8. The average molecular weight is 478 g/mol. The molecule has 3 aromatic carbocycles. The number of carbonyl (C=O) groups is 1. The van der Waals surface area contributed by atoms with Crippen LogP contribution in [0.5, 0.6) is 5.75 Å². The third kappa shape index (κ3) is 6.33. The van der Waals surface area contributed by atoms with Crippen molar-refractivity contribution in [3.05, 3.63) is 90.0 Å². The second-order valence-corrected chi connectivity index (χ2v) is 9.00. The fourth-order valence-corrected chi connectivity index (χ4v) is 4.46. The maximum atomic E-state index is 13.2. The van der Waals surface area contributed by atoms with E-state index in [0.717, 1.165) is 22.5 Å². The first-order valence-electron chi connectivity index (χ1n) is 9.75. The molecule has 0 aliphatic heterocycles. The fraction of sp³-hybridized carbons (Fsp3) is 0.174. The van der Waals surface area contributed by atoms with Crippen LogP contribution in [0, 0.1) is 0 Å². The molecule has 1 amide bonds. The highest BCUT2D eigenvalue weighted by molar-refractivity contribution is 7.89. The first-order valence-corrected chi connectivity index (χ1v) is 11.2. The Morgan fingerprint density at radius 3 is 2.24 bits per heavy atom. The van der Waals surface area contributed by atoms with E-state index in [9.17, 15) is 26.4 Å². The normalized spacial score (nSPS) is 11.9. The van der Waals surface area contributed by atoms with Gasteiger partial charge in [-0.05, 0) is 48.0 Å². The van der Waals surface area contributed by atoms with Gasteiger partial charge in [0.05, 0.1) is 24.1 Å². The number of carbonyl (C=O) groups excluding carboxylic acids is 1. The Balaban J connectivity index is 1.89. The van der Waals surface area contributed by atoms with Crippen molar-refractivity contribution < 1.29 is 31.1 Å². The van der Waals surface area contributed by atoms with Crippen LogP contribution in [-0.2, 0) is 27.5 Å². The van der Waals surface area contributed by atoms with E-state index in [2.05, 4.69) is 5.32 Å². The van der Waals surface area contributed by atoms with Crippen molar-refractivity contribution in [3.63, 3.8) is 0 Å². The van der Waals surface area contributed by atoms with Gasteiger partial charge in [-0.25, -0.2) is 8.42 Å². The first-order chi connectivity index (χ1) is 15.6. The third-order valence-electron chi connectivity index (χ3n) is 4.69. The van der Waals surface area contributed by atoms with E-state index in [1.165, 1.54) is 7.11 Å². The van der Waals surface area contributed by atoms with Crippen molar-refractivity contribution in [1.29, 1.82) is 0 Å². The summed E-state index contributed by atoms with van der Waals surface area (Å²) in [5, 5.41) is 2.59. The SMILES string of the molecule is COc1ccc(NC(=O)CN(Cc2ccccc2)S(=O)(=O)c2cccc(C(F)(F)F)c2)cc1. The third-order valence-corrected chi connectivity index (χ3v) is 6.48. The van der Waals surface area contributed by atoms with Crippen molar-refractivity contribution in [2.24, 2.45) is 0 Å². The molecule has 0 bridgehead atoms. The Labute approximate surface area is 189 Å². The molecule has 0 heterocycles. The second kappa shape index (κ2) is 10.1. The lowest BCUT2D eigenvalue weighted by atomic mass is 10.2. The van der Waals surface area contributed by atoms with E-state index < -0.39 is 39.1 Å². The maximum absolute atomic E-state index is 13.2. The molecule has 174 valence electrons. The molecule has 0 aromatic heterocycles. The zero-order valence-electron chi connectivity index (χ0n) is 17.5. The molecule has 1 N–H and O–H groups in total. The molecule has 0 aliphatic carbocycles. The highest BCUT2D eigenvalue weighted by atomic mass is 32.2. The number of nitrogens with one attached hydrogen (secondary N) is 1. The maximum Gasteiger partial charge on any atom is 0.416 e. The van der Waals surface area contributed by atoms with E-state index in [1.807, 2.05) is 0 Å². The predicted molar refractivity (Wildman–Crippen MR) is 117 cm³/mol. The zero-order chi connectivity index (χ0) is 24.1. The molecule has 0 spiro atoms. The summed E-state index contributed by atoms with van der Waals surface area (Å²) >= 11 is 0. The second-order valence-electron chi connectivity index (χ2n) is 7.06. The number of alkyl halides is 3. The number of benzene rings is 3. The predicted octanol–water partition coefficient (Wildman–Crippen LogP) is 4.54. The van der Waals surface area contributed by atoms with Gasteiger partial charge in [-0.15, -0.1) is 0 Å². The Hall–Kier alpha value is -3.37. The van der Waals surface area contributed by atoms with Crippen LogP contribution in [0.15, 0.2) is 83.8 Å². The molecule has 3 rings (SSSR count). The van der Waals surface area contributed by atoms with Crippen molar-refractivity contribution in [2.75, 3.05) is 19.0 Å². The summed E-state index contributed by atoms with van der Waals surface area (Å²) in [5.74, 6) is -0.0718. The molecule has 0 atom stereocenters. The van der Waals surface area contributed by atoms with E-state index in [-0.39, 0.29) is 6.54 Å². The van der Waals surface area contributed by atoms with Crippen LogP contribution in [0.25, 0.3) is 0 Å². The van der Waals surface area contributed by atoms with E-state index >= 15 is 0 Å². The van der Waals surface area contributed by atoms with E-state index in [0.29, 0.717) is 23.1 Å². The van der Waals surface area contributed by atoms with Gasteiger partial charge in [0, 0.05) is 12.2 Å². The molecule has 3 aromatic rings. The van der Waals surface area contributed by atoms with Crippen LogP contribution < -0.4 is 10.1 Å². The van der Waals surface area contributed by atoms with Crippen LogP contribution in [0.2, 0.25) is 0 Å². The lowest BCUT2D eigenvalue weighted by Crippen LogP contribution is -2.37. The van der Waals surface area contributed by atoms with E-state index in [1.54, 1.807) is 54.6 Å². The Kier molecular flexibility index (Phi) is 7.39. The summed E-state index contributed by atoms with van der Waals surface area (Å²) in [7, 11) is -2.93. The minimum absolute atomic E-state index is 0.199. The van der Waals surface area contributed by atoms with Crippen molar-refractivity contribution in [3.8, 4) is 5.75 Å². The number of ether oxygens (including phenoxy) is 1. The number of anilines is 1. The monoisotopic (exact) mass is 478 g/mol. The van der Waals surface area contributed by atoms with Gasteiger partial charge in [-0.3, -0.25) is 4.79 Å². The van der Waals surface area contributed by atoms with Gasteiger partial charge in [0.2, 0.25) is 15.9 Å². The molecule has 0 fully saturated rings. The van der Waals surface area contributed by atoms with Crippen molar-refractivity contribution in [2.45, 2.75) is 17.6 Å². The van der Waals surface area contributed by atoms with Gasteiger partial charge in [0.15, 0.2) is 0 Å². The number of sulfonamides is 1. The van der Waals surface area contributed by atoms with Crippen molar-refractivity contribution in [1.82, 2.24) is 4.31 Å². The molecule has 6 nitrogen and oxygen atoms in total. The summed E-state index contributed by atoms with van der Waals surface area (Å²) in [6.45, 7) is -0.797. The lowest BCUT2D eigenvalue weighted by Gasteiger charge is -2.22. The largest absolute Gasteiger partial charge is 0.497 e. The molecule has 33 heavy (non-hydrogen) atoms. The quantitative estimate of drug-likeness (QED) is 0.516. The standard InChI is InChI=1S/C23H21F3N2O4S/c1-32-20-12-10-19(11-13-20)27-22(29)16-28(15-17-6-3-2-4-7-17)33(30,31)21-9-5-8-18(14-21)23(24,25)26/h2-14H,15-16H2,1H3,(H,27,29). The molecule has 0 aliphatic rings. The average Bonchev–Trinajstić information content (AvgIpc) is 2.79. The number of methoxy groups -OCH3 is 1. The van der Waals surface area contributed by atoms with Gasteiger partial charge in [-0.1, -0.05) is 36.4 Å². The number of amides is 1. The number of rotatable bonds is 8. The lowest BCUT2D eigenvalue weighted by molar-refractivity contribution is -0.137. The highest BCUT2D eigenvalue weighted by Crippen LogP contribution is 2.31. The van der Waals surface area contributed by atoms with Crippen LogP contribution in [0.4, 0.5) is 18.9 Å². The molecular weight excluding hydrogens is 457 g/mol. The summed E-state index contributed by atoms with van der Waals surface area (Å²) in [5.41, 5.74) is -0.104. The first kappa shape index (κ1) is 24.3. The summed E-state index contributed by atoms with van der Waals surface area (Å²) in [4.78, 5) is 12.1. The Morgan fingerprint density at radius 2 is 1.64 bits per heavy atom. The summed E-state index contributed by atoms with van der Waals surface area (Å²) in [6.07, 6.45) is -4.71. The minimum Gasteiger partial charge on any atom is -0.497 e. The zero-order valence-corrected chi connectivity index (χ0v) is 18.4. The minimum atomic E-state index is -4.71. The molecule has 0 saturated heterocycles. The Bertz CT molecular complexity index is 1200. The van der Waals surface area contributed by atoms with Gasteiger partial charge in [0.1, 0.15) is 5.75 Å². The van der Waals surface area contributed by atoms with Gasteiger partial charge in [-0.2, -0.15) is 17.5 Å². The Morgan fingerprint density at radius 1 is 0.970 bits per heavy atom. The molecule has 0 saturated carbocycles.